The number of halogens is 6. The van der Waals surface area contributed by atoms with Gasteiger partial charge in [0, 0.05) is 17.6 Å². The molecule has 4 aromatic rings. The van der Waals surface area contributed by atoms with E-state index in [2.05, 4.69) is 19.4 Å². The zero-order valence-electron chi connectivity index (χ0n) is 21.3. The van der Waals surface area contributed by atoms with Gasteiger partial charge < -0.3 is 18.3 Å². The Labute approximate surface area is 232 Å². The highest BCUT2D eigenvalue weighted by Crippen LogP contribution is 2.69. The molecule has 0 spiro atoms. The molecule has 3 aliphatic carbocycles. The maximum absolute atomic E-state index is 15.6. The van der Waals surface area contributed by atoms with Crippen molar-refractivity contribution < 1.29 is 44.7 Å². The van der Waals surface area contributed by atoms with Crippen molar-refractivity contribution in [3.05, 3.63) is 101 Å². The molecule has 1 saturated carbocycles. The molecule has 2 heterocycles. The highest BCUT2D eigenvalue weighted by molar-refractivity contribution is 5.76. The molecular weight excluding hydrogens is 566 g/mol. The van der Waals surface area contributed by atoms with Crippen LogP contribution in [0.4, 0.5) is 26.3 Å². The topological polar surface area (TPSA) is 70.5 Å². The standard InChI is InChI=1S/C30H18F6N2O4/c31-27(32)28(33,34)30(36,42-20-15-11-18(12-16-20)26-38-22-6-2-4-8-24(22)40-26)29(27,35)41-19-13-9-17(10-14-19)25-37-21-5-1-3-7-23(21)39-25/h1-5,7-11,13-16H,6,12H2. The van der Waals surface area contributed by atoms with Crippen LogP contribution in [0.3, 0.4) is 0 Å². The first-order valence-electron chi connectivity index (χ1n) is 12.7. The van der Waals surface area contributed by atoms with Crippen molar-refractivity contribution in [2.24, 2.45) is 0 Å². The van der Waals surface area contributed by atoms with Gasteiger partial charge in [0.1, 0.15) is 17.0 Å². The summed E-state index contributed by atoms with van der Waals surface area (Å²) in [6, 6.07) is 11.4. The van der Waals surface area contributed by atoms with Gasteiger partial charge in [0.2, 0.25) is 11.4 Å². The Morgan fingerprint density at radius 2 is 1.50 bits per heavy atom. The second-order valence-corrected chi connectivity index (χ2v) is 9.85. The van der Waals surface area contributed by atoms with Gasteiger partial charge in [-0.1, -0.05) is 24.3 Å². The van der Waals surface area contributed by atoms with Crippen LogP contribution in [0, 0.1) is 0 Å². The summed E-state index contributed by atoms with van der Waals surface area (Å²) >= 11 is 0. The van der Waals surface area contributed by atoms with Gasteiger partial charge in [-0.25, -0.2) is 9.97 Å². The SMILES string of the molecule is FC1(F)C(F)(F)C(F)(Oc2ccc(-c3nc4ccccc4o3)cc2)C1(F)OC1=CCC(=c2nc3c(o2)=CC=CC3)C=C1. The lowest BCUT2D eigenvalue weighted by Gasteiger charge is -2.55. The Bertz CT molecular complexity index is 1910. The van der Waals surface area contributed by atoms with Crippen LogP contribution < -0.4 is 15.7 Å². The molecule has 0 saturated heterocycles. The summed E-state index contributed by atoms with van der Waals surface area (Å²) < 4.78 is 110. The molecule has 12 heteroatoms. The fourth-order valence-electron chi connectivity index (χ4n) is 4.87. The van der Waals surface area contributed by atoms with Gasteiger partial charge in [-0.15, -0.1) is 0 Å². The highest BCUT2D eigenvalue weighted by Gasteiger charge is 3.03. The van der Waals surface area contributed by atoms with Crippen LogP contribution in [0.15, 0.2) is 93.5 Å². The monoisotopic (exact) mass is 584 g/mol. The Balaban J connectivity index is 1.13. The molecule has 3 aliphatic rings. The van der Waals surface area contributed by atoms with Gasteiger partial charge in [0.15, 0.2) is 11.0 Å². The molecule has 0 bridgehead atoms. The number of hydrogen-bond donors (Lipinski definition) is 0. The van der Waals surface area contributed by atoms with E-state index in [1.165, 1.54) is 18.2 Å². The Hall–Kier alpha value is -4.74. The summed E-state index contributed by atoms with van der Waals surface area (Å²) in [6.45, 7) is 0. The lowest BCUT2D eigenvalue weighted by Crippen LogP contribution is -2.88. The second kappa shape index (κ2) is 8.88. The molecule has 6 nitrogen and oxygen atoms in total. The quantitative estimate of drug-likeness (QED) is 0.265. The van der Waals surface area contributed by atoms with Gasteiger partial charge >= 0.3 is 23.6 Å². The third kappa shape index (κ3) is 3.60. The van der Waals surface area contributed by atoms with E-state index in [4.69, 9.17) is 8.83 Å². The average molecular weight is 584 g/mol. The van der Waals surface area contributed by atoms with Crippen molar-refractivity contribution in [3.8, 4) is 17.2 Å². The van der Waals surface area contributed by atoms with Crippen LogP contribution in [0.5, 0.6) is 5.75 Å². The number of rotatable bonds is 5. The van der Waals surface area contributed by atoms with Gasteiger partial charge in [-0.05, 0) is 67.1 Å². The molecular formula is C30H18F6N2O4. The van der Waals surface area contributed by atoms with Crippen LogP contribution in [-0.2, 0) is 11.2 Å². The third-order valence-corrected chi connectivity index (χ3v) is 7.20. The number of nitrogens with zero attached hydrogens (tertiary/aromatic N) is 2. The number of oxazole rings is 2. The average Bonchev–Trinajstić information content (AvgIpc) is 3.62. The van der Waals surface area contributed by atoms with E-state index in [-0.39, 0.29) is 17.9 Å². The van der Waals surface area contributed by atoms with E-state index in [9.17, 15) is 17.6 Å². The van der Waals surface area contributed by atoms with E-state index in [1.807, 2.05) is 6.08 Å². The van der Waals surface area contributed by atoms with Crippen molar-refractivity contribution >= 4 is 22.7 Å². The molecule has 0 N–H and O–H groups in total. The number of benzene rings is 2. The molecule has 7 rings (SSSR count). The van der Waals surface area contributed by atoms with Crippen molar-refractivity contribution in [2.75, 3.05) is 0 Å². The fraction of sp³-hybridized carbons (Fsp3) is 0.200. The molecule has 0 amide bonds. The van der Waals surface area contributed by atoms with Gasteiger partial charge in [0.25, 0.3) is 0 Å². The maximum atomic E-state index is 15.6. The van der Waals surface area contributed by atoms with Crippen LogP contribution >= 0.6 is 0 Å². The lowest BCUT2D eigenvalue weighted by molar-refractivity contribution is -0.536. The van der Waals surface area contributed by atoms with E-state index < -0.39 is 35.1 Å². The van der Waals surface area contributed by atoms with Gasteiger partial charge in [-0.3, -0.25) is 0 Å². The van der Waals surface area contributed by atoms with Crippen LogP contribution in [0.25, 0.3) is 34.2 Å². The largest absolute Gasteiger partial charge is 0.447 e. The predicted molar refractivity (Wildman–Crippen MR) is 137 cm³/mol. The smallest absolute Gasteiger partial charge is 0.395 e. The Morgan fingerprint density at radius 1 is 0.762 bits per heavy atom. The lowest BCUT2D eigenvalue weighted by atomic mass is 9.76. The minimum absolute atomic E-state index is 0.0336. The summed E-state index contributed by atoms with van der Waals surface area (Å²) in [5.74, 6) is -21.9. The molecule has 2 unspecified atom stereocenters. The summed E-state index contributed by atoms with van der Waals surface area (Å²) in [7, 11) is 0. The molecule has 2 aromatic heterocycles. The van der Waals surface area contributed by atoms with Gasteiger partial charge in [0.05, 0.1) is 5.69 Å². The first kappa shape index (κ1) is 26.2. The Kier molecular flexibility index (Phi) is 5.53. The van der Waals surface area contributed by atoms with E-state index in [1.54, 1.807) is 36.4 Å². The minimum atomic E-state index is -5.56. The zero-order valence-corrected chi connectivity index (χ0v) is 21.3. The summed E-state index contributed by atoms with van der Waals surface area (Å²) in [4.78, 5) is 8.64. The number of para-hydroxylation sites is 2. The molecule has 0 aliphatic heterocycles. The molecule has 0 radical (unpaired) electrons. The number of alkyl halides is 6. The molecule has 2 aromatic carbocycles. The number of ether oxygens (including phenoxy) is 2. The van der Waals surface area contributed by atoms with Crippen molar-refractivity contribution in [2.45, 2.75) is 36.4 Å². The predicted octanol–water partition coefficient (Wildman–Crippen LogP) is 6.08. The molecule has 214 valence electrons. The molecule has 42 heavy (non-hydrogen) atoms. The van der Waals surface area contributed by atoms with E-state index >= 15 is 8.78 Å². The summed E-state index contributed by atoms with van der Waals surface area (Å²) in [5.41, 5.74) is 3.37. The minimum Gasteiger partial charge on any atom is -0.447 e. The third-order valence-electron chi connectivity index (χ3n) is 7.20. The summed E-state index contributed by atoms with van der Waals surface area (Å²) in [5, 5.41) is 0. The number of fused-ring (bicyclic) bond motifs is 2. The molecule has 1 fully saturated rings. The Morgan fingerprint density at radius 3 is 2.19 bits per heavy atom. The van der Waals surface area contributed by atoms with Crippen molar-refractivity contribution in [1.82, 2.24) is 9.97 Å². The second-order valence-electron chi connectivity index (χ2n) is 9.85. The van der Waals surface area contributed by atoms with Crippen molar-refractivity contribution in [1.29, 1.82) is 0 Å². The summed E-state index contributed by atoms with van der Waals surface area (Å²) in [6.07, 6.45) is 9.44. The van der Waals surface area contributed by atoms with E-state index in [0.29, 0.717) is 39.8 Å². The number of aromatic nitrogens is 2. The van der Waals surface area contributed by atoms with Crippen molar-refractivity contribution in [3.63, 3.8) is 0 Å². The van der Waals surface area contributed by atoms with Crippen LogP contribution in [0.1, 0.15) is 12.1 Å². The van der Waals surface area contributed by atoms with E-state index in [0.717, 1.165) is 24.3 Å². The highest BCUT2D eigenvalue weighted by atomic mass is 19.3. The normalized spacial score (nSPS) is 26.7. The number of allylic oxidation sites excluding steroid dienone is 5. The maximum Gasteiger partial charge on any atom is 0.395 e. The van der Waals surface area contributed by atoms with Crippen LogP contribution in [-0.4, -0.2) is 33.5 Å². The van der Waals surface area contributed by atoms with Crippen LogP contribution in [0.2, 0.25) is 0 Å². The zero-order chi connectivity index (χ0) is 29.3. The first-order valence-corrected chi connectivity index (χ1v) is 12.7. The van der Waals surface area contributed by atoms with Gasteiger partial charge in [-0.2, -0.15) is 26.3 Å². The molecule has 2 atom stereocenters. The fourth-order valence-corrected chi connectivity index (χ4v) is 4.87. The first-order chi connectivity index (χ1) is 20.0. The number of hydrogen-bond acceptors (Lipinski definition) is 6.